The van der Waals surface area contributed by atoms with Crippen molar-refractivity contribution in [3.8, 4) is 0 Å². The number of hydrogen-bond donors (Lipinski definition) is 31. The van der Waals surface area contributed by atoms with Crippen molar-refractivity contribution >= 4 is 185 Å². The number of rotatable bonds is 35. The molecule has 8 unspecified atom stereocenters. The Balaban J connectivity index is 2.11. The van der Waals surface area contributed by atoms with Crippen LogP contribution in [0.2, 0.25) is 0 Å². The number of nitrogens with zero attached hydrogens (tertiary/aromatic N) is 2. The summed E-state index contributed by atoms with van der Waals surface area (Å²) in [5.41, 5.74) is 46.2. The van der Waals surface area contributed by atoms with E-state index in [0.29, 0.717) is 27.3 Å². The highest BCUT2D eigenvalue weighted by atomic mass is 33.1. The van der Waals surface area contributed by atoms with Gasteiger partial charge in [-0.1, -0.05) is 57.0 Å². The minimum absolute atomic E-state index is 0.0327. The van der Waals surface area contributed by atoms with Crippen LogP contribution in [-0.4, -0.2) is 331 Å². The molecule has 0 saturated carbocycles. The largest absolute Gasteiger partial charge is 0.481 e. The van der Waals surface area contributed by atoms with Crippen molar-refractivity contribution < 1.29 is 116 Å². The highest BCUT2D eigenvalue weighted by molar-refractivity contribution is 8.77. The lowest BCUT2D eigenvalue weighted by atomic mass is 10.0. The SMILES string of the molecule is CC(C)C[C@@H]1NC(=O)C(C)NC(=O)[C@H]([C@H](C)O)NC(=O)[C@H](CCC(=O)O)NC(=O)[C@@H]2CCCN2C(=O)[C@H](C)NC(=O)[C@H](CCCCN)NC(=O)C2CSSCC(C(=O)NC(CCC(N)=O)C(=O)N[C@@H](CCC(N)=O)C(=O)N[C@@H](Cc3cnc[nH]3)C(N)=O)NC(=O)C(CCCNC(=N)N)NC(=O)C(CCCNC(=N)N)NC(=O)[C@H](C)NC(=O)[C@H](CSSCC(N)C(=O)NC(CC(N)=O)C(=O)N2)NC1=O. The number of unbranched alkanes of at least 4 members (excludes halogenated alkanes) is 1. The second-order valence-corrected chi connectivity index (χ2v) is 38.4. The predicted molar refractivity (Wildman–Crippen MR) is 502 cm³/mol. The Morgan fingerprint density at radius 2 is 0.942 bits per heavy atom. The average molecular weight is 2030 g/mol. The van der Waals surface area contributed by atoms with Gasteiger partial charge in [0.1, 0.15) is 103 Å². The summed E-state index contributed by atoms with van der Waals surface area (Å²) in [6.45, 7) is 7.48. The fourth-order valence-corrected chi connectivity index (χ4v) is 18.3. The van der Waals surface area contributed by atoms with Crippen LogP contribution in [0.15, 0.2) is 12.5 Å². The van der Waals surface area contributed by atoms with Gasteiger partial charge in [-0.15, -0.1) is 0 Å². The Morgan fingerprint density at radius 3 is 1.46 bits per heavy atom. The third kappa shape index (κ3) is 42.5. The van der Waals surface area contributed by atoms with E-state index in [1.165, 1.54) is 19.4 Å². The van der Waals surface area contributed by atoms with E-state index in [1.54, 1.807) is 13.8 Å². The number of H-pyrrole nitrogens is 1. The first kappa shape index (κ1) is 118. The third-order valence-corrected chi connectivity index (χ3v) is 26.1. The first-order valence-electron chi connectivity index (χ1n) is 44.3. The Hall–Kier alpha value is -12.6. The van der Waals surface area contributed by atoms with Crippen molar-refractivity contribution in [1.29, 1.82) is 10.8 Å². The summed E-state index contributed by atoms with van der Waals surface area (Å²) < 4.78 is 0. The number of carbonyl (C=O) groups excluding carboxylic acids is 21. The first-order chi connectivity index (χ1) is 65.0. The number of aromatic nitrogens is 2. The number of hydrogen-bond acceptors (Lipinski definition) is 32. The summed E-state index contributed by atoms with van der Waals surface area (Å²) in [5.74, 6) is -29.2. The smallest absolute Gasteiger partial charge is 0.303 e. The monoisotopic (exact) mass is 2030 g/mol. The molecule has 1 aromatic rings. The van der Waals surface area contributed by atoms with Crippen molar-refractivity contribution in [3.05, 3.63) is 18.2 Å². The molecule has 1 aromatic heterocycles. The van der Waals surface area contributed by atoms with Crippen molar-refractivity contribution in [2.24, 2.45) is 51.8 Å². The molecule has 2 bridgehead atoms. The van der Waals surface area contributed by atoms with Crippen molar-refractivity contribution in [2.45, 2.75) is 272 Å². The number of aliphatic hydroxyl groups excluding tert-OH is 1. The molecule has 59 heteroatoms. The lowest BCUT2D eigenvalue weighted by molar-refractivity contribution is -0.142. The lowest BCUT2D eigenvalue weighted by Gasteiger charge is -2.30. The van der Waals surface area contributed by atoms with Crippen LogP contribution in [0.25, 0.3) is 0 Å². The lowest BCUT2D eigenvalue weighted by Crippen LogP contribution is -2.61. The summed E-state index contributed by atoms with van der Waals surface area (Å²) in [6, 6.07) is -31.5. The molecular formula is C79H131N31O24S4. The van der Waals surface area contributed by atoms with Crippen LogP contribution in [-0.2, 0) is 112 Å². The molecule has 55 nitrogen and oxygen atoms in total. The molecule has 21 amide bonds. The molecule has 3 saturated heterocycles. The number of carboxylic acid groups (broad SMARTS) is 1. The van der Waals surface area contributed by atoms with Crippen LogP contribution < -0.4 is 142 Å². The van der Waals surface area contributed by atoms with Crippen LogP contribution in [0.4, 0.5) is 0 Å². The maximum atomic E-state index is 15.4. The molecule has 3 aliphatic rings. The molecule has 4 heterocycles. The zero-order valence-corrected chi connectivity index (χ0v) is 80.4. The van der Waals surface area contributed by atoms with Crippen molar-refractivity contribution in [1.82, 2.24) is 111 Å². The Kier molecular flexibility index (Phi) is 51.3. The molecule has 138 heavy (non-hydrogen) atoms. The number of nitrogens with one attached hydrogen (secondary N) is 21. The van der Waals surface area contributed by atoms with E-state index in [1.807, 2.05) is 0 Å². The number of nitrogens with two attached hydrogens (primary N) is 8. The summed E-state index contributed by atoms with van der Waals surface area (Å²) in [7, 11) is 2.86. The van der Waals surface area contributed by atoms with Gasteiger partial charge in [-0.05, 0) is 124 Å². The number of aliphatic carboxylic acids is 1. The summed E-state index contributed by atoms with van der Waals surface area (Å²) in [5, 5.41) is 80.7. The fourth-order valence-electron chi connectivity index (χ4n) is 13.7. The zero-order valence-electron chi connectivity index (χ0n) is 77.1. The van der Waals surface area contributed by atoms with Crippen molar-refractivity contribution in [3.63, 3.8) is 0 Å². The van der Waals surface area contributed by atoms with Gasteiger partial charge in [0, 0.05) is 80.2 Å². The highest BCUT2D eigenvalue weighted by Crippen LogP contribution is 2.27. The summed E-state index contributed by atoms with van der Waals surface area (Å²) >= 11 is 0. The number of aliphatic hydroxyl groups is 1. The number of amides is 21. The van der Waals surface area contributed by atoms with E-state index >= 15 is 19.2 Å². The maximum Gasteiger partial charge on any atom is 0.303 e. The first-order valence-corrected chi connectivity index (χ1v) is 49.3. The molecule has 39 N–H and O–H groups in total. The van der Waals surface area contributed by atoms with Gasteiger partial charge < -0.3 is 162 Å². The highest BCUT2D eigenvalue weighted by Gasteiger charge is 2.43. The molecule has 0 aromatic carbocycles. The number of carbonyl (C=O) groups is 22. The Labute approximate surface area is 809 Å². The van der Waals surface area contributed by atoms with Crippen LogP contribution in [0.3, 0.4) is 0 Å². The zero-order chi connectivity index (χ0) is 103. The summed E-state index contributed by atoms with van der Waals surface area (Å²) in [4.78, 5) is 320. The number of carboxylic acids is 1. The number of fused-ring (bicyclic) bond motifs is 12. The van der Waals surface area contributed by atoms with Gasteiger partial charge in [0.15, 0.2) is 11.9 Å². The van der Waals surface area contributed by atoms with Gasteiger partial charge in [0.05, 0.1) is 24.9 Å². The third-order valence-electron chi connectivity index (χ3n) is 21.2. The molecular weight excluding hydrogens is 1900 g/mol. The normalized spacial score (nSPS) is 25.1. The second-order valence-electron chi connectivity index (χ2n) is 33.3. The van der Waals surface area contributed by atoms with E-state index in [9.17, 15) is 96.5 Å². The quantitative estimate of drug-likeness (QED) is 0.0130. The minimum atomic E-state index is -2.01. The number of aromatic amines is 1. The number of guanidine groups is 2. The van der Waals surface area contributed by atoms with Crippen LogP contribution >= 0.6 is 43.2 Å². The molecule has 3 fully saturated rings. The van der Waals surface area contributed by atoms with E-state index in [0.717, 1.165) is 47.3 Å². The predicted octanol–water partition coefficient (Wildman–Crippen LogP) is -12.3. The van der Waals surface area contributed by atoms with Crippen LogP contribution in [0, 0.1) is 16.7 Å². The second kappa shape index (κ2) is 60.2. The molecule has 4 rings (SSSR count). The topological polar surface area (TPSA) is 920 Å². The molecule has 3 aliphatic heterocycles. The van der Waals surface area contributed by atoms with Crippen molar-refractivity contribution in [2.75, 3.05) is 49.2 Å². The van der Waals surface area contributed by atoms with E-state index in [4.69, 9.17) is 56.7 Å². The summed E-state index contributed by atoms with van der Waals surface area (Å²) in [6.07, 6.45) is -5.57. The minimum Gasteiger partial charge on any atom is -0.481 e. The molecule has 770 valence electrons. The average Bonchev–Trinajstić information content (AvgIpc) is 1.66. The van der Waals surface area contributed by atoms with Gasteiger partial charge >= 0.3 is 5.97 Å². The van der Waals surface area contributed by atoms with Gasteiger partial charge in [-0.25, -0.2) is 4.98 Å². The van der Waals surface area contributed by atoms with E-state index in [2.05, 4.69) is 106 Å². The van der Waals surface area contributed by atoms with Crippen LogP contribution in [0.1, 0.15) is 156 Å². The van der Waals surface area contributed by atoms with Gasteiger partial charge in [-0.3, -0.25) is 116 Å². The van der Waals surface area contributed by atoms with Crippen LogP contribution in [0.5, 0.6) is 0 Å². The van der Waals surface area contributed by atoms with Gasteiger partial charge in [-0.2, -0.15) is 0 Å². The molecule has 0 spiro atoms. The van der Waals surface area contributed by atoms with Gasteiger partial charge in [0.25, 0.3) is 0 Å². The van der Waals surface area contributed by atoms with E-state index in [-0.39, 0.29) is 90.4 Å². The Bertz CT molecular complexity index is 4470. The number of imidazole rings is 1. The molecule has 0 aliphatic carbocycles. The van der Waals surface area contributed by atoms with Gasteiger partial charge in [0.2, 0.25) is 124 Å². The van der Waals surface area contributed by atoms with E-state index < -0.39 is 337 Å². The standard InChI is InChI=1S/C79H131N31O24S4/c1-35(2)26-49-70(127)107-51-31-136-135-30-41(81)63(120)105-50(28-57(84)114)71(128)108-53(73(130)99-42(12-7-8-22-80)64(121)96-38(5)77(134)110-25-11-15-54(110)75(132)102-47(18-21-58(115)116)69(126)109-59(39(6)111)76(133)95-37(4)62(119)104-49)33-138-137-32-52(106-66(123)44(14-10-24-92-79(88)89)98-65(122)43(13-9-23-91-78(86)87)97-61(118)36(3)94-72(51)129)74(131)101-45(16-19-55(82)112)67(124)100-46(17-20-56(83)113)68(125)103-48(60(85)117)27-40-29-90-34-93-40/h29,34-39,41-54,59,111H,7-28,30-33,80-81H2,1-6H3,(H2,82,112)(H2,83,113)(H2,84,114)(H2,85,117)(H,90,93)(H,94,129)(H,95,133)(H,96,121)(H,97,118)(H,98,122)(H,99,130)(H,100,124)(H,101,131)(H,102,132)(H,103,125)(H,104,119)(H,105,120)(H,106,123)(H,107,127)(H,108,128)(H,109,126)(H,115,116)(H4,86,87,91)(H4,88,89,92)/t36-,37?,38-,39-,41?,42-,43?,44?,45?,46-,47-,48-,49-,50?,51-,52?,53?,54-,59-/m0/s1. The molecule has 0 radical (unpaired) electrons. The Morgan fingerprint density at radius 1 is 0.493 bits per heavy atom. The number of primary amides is 4. The maximum absolute atomic E-state index is 15.4. The molecule has 19 atom stereocenters. The fraction of sp³-hybridized carbons (Fsp3) is 0.658.